The molecular weight excluding hydrogens is 164 g/mol. The monoisotopic (exact) mass is 180 g/mol. The molecule has 0 amide bonds. The third-order valence-electron chi connectivity index (χ3n) is 2.00. The first kappa shape index (κ1) is 9.92. The van der Waals surface area contributed by atoms with E-state index >= 15 is 0 Å². The minimum atomic E-state index is 0.591. The summed E-state index contributed by atoms with van der Waals surface area (Å²) in [6.07, 6.45) is 1.80. The van der Waals surface area contributed by atoms with Crippen LogP contribution in [0.15, 0.2) is 6.20 Å². The van der Waals surface area contributed by atoms with Gasteiger partial charge in [0.1, 0.15) is 11.6 Å². The average Bonchev–Trinajstić information content (AvgIpc) is 2.09. The molecule has 0 fully saturated rings. The van der Waals surface area contributed by atoms with Crippen LogP contribution in [0, 0.1) is 6.92 Å². The number of nitrogen functional groups attached to an aromatic ring is 1. The maximum atomic E-state index is 5.75. The van der Waals surface area contributed by atoms with Gasteiger partial charge in [0, 0.05) is 18.3 Å². The summed E-state index contributed by atoms with van der Waals surface area (Å²) in [6, 6.07) is 0. The van der Waals surface area contributed by atoms with E-state index in [1.165, 1.54) is 0 Å². The summed E-state index contributed by atoms with van der Waals surface area (Å²) in [5, 5.41) is 0. The van der Waals surface area contributed by atoms with E-state index in [9.17, 15) is 0 Å². The zero-order valence-corrected chi connectivity index (χ0v) is 8.41. The summed E-state index contributed by atoms with van der Waals surface area (Å²) in [7, 11) is 2.04. The van der Waals surface area contributed by atoms with Crippen LogP contribution < -0.4 is 5.73 Å². The minimum Gasteiger partial charge on any atom is -0.383 e. The van der Waals surface area contributed by atoms with Gasteiger partial charge in [0.25, 0.3) is 0 Å². The Morgan fingerprint density at radius 3 is 2.77 bits per heavy atom. The van der Waals surface area contributed by atoms with E-state index < -0.39 is 0 Å². The molecule has 2 N–H and O–H groups in total. The highest BCUT2D eigenvalue weighted by molar-refractivity contribution is 5.37. The van der Waals surface area contributed by atoms with Crippen molar-refractivity contribution in [2.45, 2.75) is 20.4 Å². The topological polar surface area (TPSA) is 55.0 Å². The summed E-state index contributed by atoms with van der Waals surface area (Å²) in [5.74, 6) is 1.31. The Balaban J connectivity index is 2.77. The van der Waals surface area contributed by atoms with Crippen molar-refractivity contribution < 1.29 is 0 Å². The maximum Gasteiger partial charge on any atom is 0.131 e. The second kappa shape index (κ2) is 4.18. The number of nitrogens with two attached hydrogens (primary N) is 1. The summed E-state index contributed by atoms with van der Waals surface area (Å²) >= 11 is 0. The van der Waals surface area contributed by atoms with Gasteiger partial charge in [-0.2, -0.15) is 0 Å². The van der Waals surface area contributed by atoms with Crippen LogP contribution in [0.1, 0.15) is 18.3 Å². The van der Waals surface area contributed by atoms with Crippen LogP contribution in [0.25, 0.3) is 0 Å². The van der Waals surface area contributed by atoms with Gasteiger partial charge >= 0.3 is 0 Å². The Bertz CT molecular complexity index is 285. The lowest BCUT2D eigenvalue weighted by atomic mass is 10.3. The highest BCUT2D eigenvalue weighted by Crippen LogP contribution is 2.08. The molecule has 0 radical (unpaired) electrons. The van der Waals surface area contributed by atoms with Gasteiger partial charge < -0.3 is 10.6 Å². The molecule has 0 unspecified atom stereocenters. The average molecular weight is 180 g/mol. The molecule has 1 aromatic heterocycles. The molecule has 4 heteroatoms. The molecule has 0 atom stereocenters. The molecular formula is C9H16N4. The van der Waals surface area contributed by atoms with Crippen LogP contribution in [-0.4, -0.2) is 28.5 Å². The van der Waals surface area contributed by atoms with Crippen molar-refractivity contribution >= 4 is 5.82 Å². The van der Waals surface area contributed by atoms with E-state index in [1.807, 2.05) is 14.0 Å². The SMILES string of the molecule is CCN(C)Cc1cnc(C)nc1N. The Morgan fingerprint density at radius 1 is 1.54 bits per heavy atom. The lowest BCUT2D eigenvalue weighted by Gasteiger charge is -2.14. The van der Waals surface area contributed by atoms with Crippen LogP contribution in [-0.2, 0) is 6.54 Å². The lowest BCUT2D eigenvalue weighted by Crippen LogP contribution is -2.18. The third-order valence-corrected chi connectivity index (χ3v) is 2.00. The van der Waals surface area contributed by atoms with Gasteiger partial charge in [0.2, 0.25) is 0 Å². The van der Waals surface area contributed by atoms with Gasteiger partial charge in [-0.25, -0.2) is 9.97 Å². The van der Waals surface area contributed by atoms with Gasteiger partial charge in [-0.3, -0.25) is 0 Å². The first-order valence-corrected chi connectivity index (χ1v) is 4.40. The van der Waals surface area contributed by atoms with Gasteiger partial charge in [0.05, 0.1) is 0 Å². The Morgan fingerprint density at radius 2 is 2.23 bits per heavy atom. The molecule has 13 heavy (non-hydrogen) atoms. The van der Waals surface area contributed by atoms with Crippen LogP contribution in [0.5, 0.6) is 0 Å². The minimum absolute atomic E-state index is 0.591. The fourth-order valence-electron chi connectivity index (χ4n) is 1.04. The number of hydrogen-bond donors (Lipinski definition) is 1. The van der Waals surface area contributed by atoms with E-state index in [-0.39, 0.29) is 0 Å². The van der Waals surface area contributed by atoms with Crippen molar-refractivity contribution in [2.75, 3.05) is 19.3 Å². The fraction of sp³-hybridized carbons (Fsp3) is 0.556. The smallest absolute Gasteiger partial charge is 0.131 e. The van der Waals surface area contributed by atoms with Gasteiger partial charge in [-0.1, -0.05) is 6.92 Å². The standard InChI is InChI=1S/C9H16N4/c1-4-13(3)6-8-5-11-7(2)12-9(8)10/h5H,4,6H2,1-3H3,(H2,10,11,12). The lowest BCUT2D eigenvalue weighted by molar-refractivity contribution is 0.345. The molecule has 0 aliphatic rings. The van der Waals surface area contributed by atoms with E-state index in [0.717, 1.165) is 24.5 Å². The number of nitrogens with zero attached hydrogens (tertiary/aromatic N) is 3. The van der Waals surface area contributed by atoms with Crippen molar-refractivity contribution in [3.63, 3.8) is 0 Å². The molecule has 1 aromatic rings. The molecule has 0 aliphatic carbocycles. The van der Waals surface area contributed by atoms with Crippen molar-refractivity contribution in [1.29, 1.82) is 0 Å². The summed E-state index contributed by atoms with van der Waals surface area (Å²) in [5.41, 5.74) is 6.74. The molecule has 0 aliphatic heterocycles. The summed E-state index contributed by atoms with van der Waals surface area (Å²) < 4.78 is 0. The molecule has 72 valence electrons. The normalized spacial score (nSPS) is 10.8. The molecule has 0 saturated heterocycles. The van der Waals surface area contributed by atoms with Crippen LogP contribution in [0.2, 0.25) is 0 Å². The van der Waals surface area contributed by atoms with Crippen molar-refractivity contribution in [3.8, 4) is 0 Å². The number of aryl methyl sites for hydroxylation is 1. The van der Waals surface area contributed by atoms with Crippen molar-refractivity contribution in [3.05, 3.63) is 17.6 Å². The van der Waals surface area contributed by atoms with E-state index in [1.54, 1.807) is 6.20 Å². The molecule has 1 heterocycles. The Kier molecular flexibility index (Phi) is 3.19. The number of hydrogen-bond acceptors (Lipinski definition) is 4. The van der Waals surface area contributed by atoms with Gasteiger partial charge in [0.15, 0.2) is 0 Å². The third kappa shape index (κ3) is 2.66. The van der Waals surface area contributed by atoms with Crippen LogP contribution >= 0.6 is 0 Å². The zero-order valence-electron chi connectivity index (χ0n) is 8.41. The molecule has 0 bridgehead atoms. The largest absolute Gasteiger partial charge is 0.383 e. The number of anilines is 1. The second-order valence-electron chi connectivity index (χ2n) is 3.16. The van der Waals surface area contributed by atoms with E-state index in [0.29, 0.717) is 5.82 Å². The highest BCUT2D eigenvalue weighted by Gasteiger charge is 2.03. The zero-order chi connectivity index (χ0) is 9.84. The van der Waals surface area contributed by atoms with E-state index in [4.69, 9.17) is 5.73 Å². The first-order chi connectivity index (χ1) is 6.13. The first-order valence-electron chi connectivity index (χ1n) is 4.40. The second-order valence-corrected chi connectivity index (χ2v) is 3.16. The van der Waals surface area contributed by atoms with Crippen LogP contribution in [0.4, 0.5) is 5.82 Å². The number of rotatable bonds is 3. The molecule has 0 aromatic carbocycles. The Hall–Kier alpha value is -1.16. The molecule has 0 saturated carbocycles. The number of aromatic nitrogens is 2. The molecule has 0 spiro atoms. The fourth-order valence-corrected chi connectivity index (χ4v) is 1.04. The van der Waals surface area contributed by atoms with Crippen molar-refractivity contribution in [1.82, 2.24) is 14.9 Å². The summed E-state index contributed by atoms with van der Waals surface area (Å²) in [4.78, 5) is 10.4. The summed E-state index contributed by atoms with van der Waals surface area (Å²) in [6.45, 7) is 5.74. The quantitative estimate of drug-likeness (QED) is 0.748. The van der Waals surface area contributed by atoms with Gasteiger partial charge in [-0.15, -0.1) is 0 Å². The highest BCUT2D eigenvalue weighted by atomic mass is 15.1. The Labute approximate surface area is 78.8 Å². The van der Waals surface area contributed by atoms with Crippen molar-refractivity contribution in [2.24, 2.45) is 0 Å². The predicted octanol–water partition coefficient (Wildman–Crippen LogP) is 0.819. The molecule has 4 nitrogen and oxygen atoms in total. The van der Waals surface area contributed by atoms with Crippen LogP contribution in [0.3, 0.4) is 0 Å². The van der Waals surface area contributed by atoms with Gasteiger partial charge in [-0.05, 0) is 20.5 Å². The predicted molar refractivity (Wildman–Crippen MR) is 53.2 cm³/mol. The maximum absolute atomic E-state index is 5.75. The van der Waals surface area contributed by atoms with E-state index in [2.05, 4.69) is 21.8 Å². The molecule has 1 rings (SSSR count).